The molecule has 1 aromatic carbocycles. The van der Waals surface area contributed by atoms with Gasteiger partial charge >= 0.3 is 0 Å². The molecule has 0 aliphatic heterocycles. The average molecular weight is 304 g/mol. The molecule has 114 valence electrons. The van der Waals surface area contributed by atoms with E-state index in [0.717, 1.165) is 34.2 Å². The van der Waals surface area contributed by atoms with Crippen molar-refractivity contribution in [3.05, 3.63) is 66.4 Å². The quantitative estimate of drug-likeness (QED) is 0.608. The SMILES string of the molecule is Cc1nc(-c2ccc(NCc3cn4ccccc4n3)cc2)n[nH]1. The standard InChI is InChI=1S/C17H16N6/c1-12-19-17(22-21-12)13-5-7-14(8-6-13)18-10-15-11-23-9-3-2-4-16(23)20-15/h2-9,11,18H,10H2,1H3,(H,19,21,22). The molecule has 0 fully saturated rings. The largest absolute Gasteiger partial charge is 0.379 e. The number of imidazole rings is 1. The zero-order valence-electron chi connectivity index (χ0n) is 12.7. The molecule has 0 aliphatic rings. The first-order valence-corrected chi connectivity index (χ1v) is 7.44. The third-order valence-corrected chi connectivity index (χ3v) is 3.63. The second kappa shape index (κ2) is 5.57. The second-order valence-corrected chi connectivity index (χ2v) is 5.37. The van der Waals surface area contributed by atoms with E-state index in [1.54, 1.807) is 0 Å². The van der Waals surface area contributed by atoms with Gasteiger partial charge in [-0.25, -0.2) is 9.97 Å². The van der Waals surface area contributed by atoms with Crippen LogP contribution in [0.3, 0.4) is 0 Å². The number of H-pyrrole nitrogens is 1. The summed E-state index contributed by atoms with van der Waals surface area (Å²) in [4.78, 5) is 8.90. The van der Waals surface area contributed by atoms with E-state index in [1.807, 2.05) is 66.2 Å². The van der Waals surface area contributed by atoms with Crippen LogP contribution in [0.2, 0.25) is 0 Å². The minimum atomic E-state index is 0.681. The van der Waals surface area contributed by atoms with Crippen LogP contribution in [0.15, 0.2) is 54.9 Å². The average Bonchev–Trinajstić information content (AvgIpc) is 3.19. The number of nitrogens with zero attached hydrogens (tertiary/aromatic N) is 4. The van der Waals surface area contributed by atoms with Crippen molar-refractivity contribution < 1.29 is 0 Å². The van der Waals surface area contributed by atoms with E-state index in [2.05, 4.69) is 25.5 Å². The number of aromatic amines is 1. The van der Waals surface area contributed by atoms with Gasteiger partial charge in [0.15, 0.2) is 5.82 Å². The Labute approximate surface area is 133 Å². The lowest BCUT2D eigenvalue weighted by Gasteiger charge is -2.04. The molecule has 0 saturated heterocycles. The third-order valence-electron chi connectivity index (χ3n) is 3.63. The zero-order valence-corrected chi connectivity index (χ0v) is 12.7. The van der Waals surface area contributed by atoms with E-state index in [0.29, 0.717) is 6.54 Å². The van der Waals surface area contributed by atoms with Crippen molar-refractivity contribution in [3.8, 4) is 11.4 Å². The van der Waals surface area contributed by atoms with Crippen LogP contribution in [0.1, 0.15) is 11.5 Å². The molecule has 6 heteroatoms. The first-order valence-electron chi connectivity index (χ1n) is 7.44. The van der Waals surface area contributed by atoms with Crippen LogP contribution in [0, 0.1) is 6.92 Å². The van der Waals surface area contributed by atoms with Gasteiger partial charge in [0.2, 0.25) is 0 Å². The molecular formula is C17H16N6. The van der Waals surface area contributed by atoms with Crippen LogP contribution in [0.5, 0.6) is 0 Å². The highest BCUT2D eigenvalue weighted by Gasteiger charge is 2.04. The Kier molecular flexibility index (Phi) is 3.27. The Bertz CT molecular complexity index is 902. The second-order valence-electron chi connectivity index (χ2n) is 5.37. The third kappa shape index (κ3) is 2.78. The topological polar surface area (TPSA) is 70.9 Å². The maximum absolute atomic E-state index is 4.57. The molecular weight excluding hydrogens is 288 g/mol. The van der Waals surface area contributed by atoms with Gasteiger partial charge in [-0.3, -0.25) is 5.10 Å². The molecule has 3 heterocycles. The fourth-order valence-corrected chi connectivity index (χ4v) is 2.47. The Morgan fingerprint density at radius 2 is 1.96 bits per heavy atom. The van der Waals surface area contributed by atoms with E-state index >= 15 is 0 Å². The summed E-state index contributed by atoms with van der Waals surface area (Å²) in [5.74, 6) is 1.53. The van der Waals surface area contributed by atoms with E-state index in [9.17, 15) is 0 Å². The molecule has 0 amide bonds. The van der Waals surface area contributed by atoms with E-state index in [4.69, 9.17) is 0 Å². The highest BCUT2D eigenvalue weighted by molar-refractivity contribution is 5.59. The normalized spacial score (nSPS) is 11.0. The van der Waals surface area contributed by atoms with Crippen molar-refractivity contribution in [2.75, 3.05) is 5.32 Å². The van der Waals surface area contributed by atoms with Crippen LogP contribution in [-0.2, 0) is 6.54 Å². The molecule has 23 heavy (non-hydrogen) atoms. The van der Waals surface area contributed by atoms with Crippen LogP contribution in [0.4, 0.5) is 5.69 Å². The summed E-state index contributed by atoms with van der Waals surface area (Å²) in [5, 5.41) is 10.4. The fourth-order valence-electron chi connectivity index (χ4n) is 2.47. The van der Waals surface area contributed by atoms with E-state index in [1.165, 1.54) is 0 Å². The molecule has 6 nitrogen and oxygen atoms in total. The maximum atomic E-state index is 4.57. The zero-order chi connectivity index (χ0) is 15.6. The van der Waals surface area contributed by atoms with Gasteiger partial charge in [-0.1, -0.05) is 6.07 Å². The van der Waals surface area contributed by atoms with Gasteiger partial charge in [0.25, 0.3) is 0 Å². The number of hydrogen-bond acceptors (Lipinski definition) is 4. The number of fused-ring (bicyclic) bond motifs is 1. The Morgan fingerprint density at radius 3 is 2.70 bits per heavy atom. The maximum Gasteiger partial charge on any atom is 0.181 e. The van der Waals surface area contributed by atoms with Gasteiger partial charge < -0.3 is 9.72 Å². The monoisotopic (exact) mass is 304 g/mol. The molecule has 0 bridgehead atoms. The van der Waals surface area contributed by atoms with Crippen molar-refractivity contribution in [1.29, 1.82) is 0 Å². The summed E-state index contributed by atoms with van der Waals surface area (Å²) in [5.41, 5.74) is 4.00. The molecule has 4 rings (SSSR count). The molecule has 0 saturated carbocycles. The summed E-state index contributed by atoms with van der Waals surface area (Å²) in [7, 11) is 0. The molecule has 0 atom stereocenters. The van der Waals surface area contributed by atoms with Gasteiger partial charge in [0.05, 0.1) is 12.2 Å². The lowest BCUT2D eigenvalue weighted by molar-refractivity contribution is 1.04. The smallest absolute Gasteiger partial charge is 0.181 e. The number of hydrogen-bond donors (Lipinski definition) is 2. The van der Waals surface area contributed by atoms with Crippen LogP contribution >= 0.6 is 0 Å². The summed E-state index contributed by atoms with van der Waals surface area (Å²) in [6.45, 7) is 2.57. The summed E-state index contributed by atoms with van der Waals surface area (Å²) >= 11 is 0. The molecule has 2 N–H and O–H groups in total. The highest BCUT2D eigenvalue weighted by atomic mass is 15.2. The molecule has 0 unspecified atom stereocenters. The predicted molar refractivity (Wildman–Crippen MR) is 89.1 cm³/mol. The number of rotatable bonds is 4. The number of nitrogens with one attached hydrogen (secondary N) is 2. The van der Waals surface area contributed by atoms with Crippen molar-refractivity contribution >= 4 is 11.3 Å². The predicted octanol–water partition coefficient (Wildman–Crippen LogP) is 3.04. The van der Waals surface area contributed by atoms with Gasteiger partial charge in [-0.05, 0) is 43.3 Å². The number of aromatic nitrogens is 5. The number of aryl methyl sites for hydroxylation is 1. The van der Waals surface area contributed by atoms with Crippen molar-refractivity contribution in [3.63, 3.8) is 0 Å². The minimum absolute atomic E-state index is 0.681. The Balaban J connectivity index is 1.46. The van der Waals surface area contributed by atoms with Crippen LogP contribution in [0.25, 0.3) is 17.0 Å². The summed E-state index contributed by atoms with van der Waals surface area (Å²) < 4.78 is 2.02. The highest BCUT2D eigenvalue weighted by Crippen LogP contribution is 2.18. The molecule has 0 aliphatic carbocycles. The molecule has 4 aromatic rings. The molecule has 0 radical (unpaired) electrons. The summed E-state index contributed by atoms with van der Waals surface area (Å²) in [6.07, 6.45) is 4.03. The fraction of sp³-hybridized carbons (Fsp3) is 0.118. The van der Waals surface area contributed by atoms with E-state index in [-0.39, 0.29) is 0 Å². The lowest BCUT2D eigenvalue weighted by Crippen LogP contribution is -1.99. The Hall–Kier alpha value is -3.15. The van der Waals surface area contributed by atoms with Gasteiger partial charge in [-0.15, -0.1) is 0 Å². The number of anilines is 1. The van der Waals surface area contributed by atoms with Crippen molar-refractivity contribution in [1.82, 2.24) is 24.6 Å². The van der Waals surface area contributed by atoms with Crippen molar-refractivity contribution in [2.45, 2.75) is 13.5 Å². The van der Waals surface area contributed by atoms with Gasteiger partial charge in [0, 0.05) is 23.6 Å². The molecule has 3 aromatic heterocycles. The van der Waals surface area contributed by atoms with Crippen molar-refractivity contribution in [2.24, 2.45) is 0 Å². The lowest BCUT2D eigenvalue weighted by atomic mass is 10.2. The van der Waals surface area contributed by atoms with Crippen LogP contribution < -0.4 is 5.32 Å². The first kappa shape index (κ1) is 13.5. The molecule has 0 spiro atoms. The van der Waals surface area contributed by atoms with Crippen LogP contribution in [-0.4, -0.2) is 24.6 Å². The van der Waals surface area contributed by atoms with E-state index < -0.39 is 0 Å². The minimum Gasteiger partial charge on any atom is -0.379 e. The first-order chi connectivity index (χ1) is 11.3. The number of pyridine rings is 1. The summed E-state index contributed by atoms with van der Waals surface area (Å²) in [6, 6.07) is 14.0. The van der Waals surface area contributed by atoms with Gasteiger partial charge in [0.1, 0.15) is 11.5 Å². The van der Waals surface area contributed by atoms with Gasteiger partial charge in [-0.2, -0.15) is 5.10 Å². The Morgan fingerprint density at radius 1 is 1.09 bits per heavy atom. The number of benzene rings is 1.